The van der Waals surface area contributed by atoms with Gasteiger partial charge in [-0.15, -0.1) is 0 Å². The standard InChI is InChI=1S/C12H16F2O/c13-12(14)9-5-2-6-10-15-11-7-3-1-4-8-11/h1,3-4,7-8,12H,2,5-6,9-10H2. The van der Waals surface area contributed by atoms with Gasteiger partial charge in [0.15, 0.2) is 0 Å². The van der Waals surface area contributed by atoms with E-state index in [1.54, 1.807) is 0 Å². The number of unbranched alkanes of at least 4 members (excludes halogenated alkanes) is 2. The Kier molecular flexibility index (Phi) is 5.74. The molecule has 0 unspecified atom stereocenters. The zero-order valence-electron chi connectivity index (χ0n) is 8.66. The summed E-state index contributed by atoms with van der Waals surface area (Å²) in [5.41, 5.74) is 0. The third kappa shape index (κ3) is 6.05. The Morgan fingerprint density at radius 3 is 2.40 bits per heavy atom. The number of rotatable bonds is 7. The van der Waals surface area contributed by atoms with Crippen LogP contribution in [0.4, 0.5) is 8.78 Å². The second kappa shape index (κ2) is 7.21. The van der Waals surface area contributed by atoms with E-state index in [9.17, 15) is 8.78 Å². The summed E-state index contributed by atoms with van der Waals surface area (Å²) in [5, 5.41) is 0. The lowest BCUT2D eigenvalue weighted by Gasteiger charge is -2.05. The number of para-hydroxylation sites is 1. The van der Waals surface area contributed by atoms with Crippen molar-refractivity contribution >= 4 is 0 Å². The van der Waals surface area contributed by atoms with Gasteiger partial charge < -0.3 is 4.74 Å². The first-order chi connectivity index (χ1) is 7.29. The molecule has 1 nitrogen and oxygen atoms in total. The molecule has 0 fully saturated rings. The predicted octanol–water partition coefficient (Wildman–Crippen LogP) is 3.89. The van der Waals surface area contributed by atoms with Crippen molar-refractivity contribution in [3.8, 4) is 5.75 Å². The molecule has 0 aliphatic carbocycles. The van der Waals surface area contributed by atoms with Crippen LogP contribution in [0.15, 0.2) is 30.3 Å². The van der Waals surface area contributed by atoms with Crippen LogP contribution in [0.5, 0.6) is 5.75 Å². The molecule has 1 aromatic rings. The molecule has 0 aliphatic rings. The Labute approximate surface area is 89.1 Å². The molecule has 84 valence electrons. The maximum Gasteiger partial charge on any atom is 0.238 e. The summed E-state index contributed by atoms with van der Waals surface area (Å²) in [6.45, 7) is 0.604. The quantitative estimate of drug-likeness (QED) is 0.626. The predicted molar refractivity (Wildman–Crippen MR) is 56.4 cm³/mol. The lowest BCUT2D eigenvalue weighted by Crippen LogP contribution is -1.98. The van der Waals surface area contributed by atoms with Gasteiger partial charge >= 0.3 is 0 Å². The summed E-state index contributed by atoms with van der Waals surface area (Å²) in [6, 6.07) is 9.52. The van der Waals surface area contributed by atoms with E-state index in [0.717, 1.165) is 18.6 Å². The highest BCUT2D eigenvalue weighted by Crippen LogP contribution is 2.11. The van der Waals surface area contributed by atoms with E-state index >= 15 is 0 Å². The largest absolute Gasteiger partial charge is 0.494 e. The van der Waals surface area contributed by atoms with E-state index in [1.165, 1.54) is 0 Å². The summed E-state index contributed by atoms with van der Waals surface area (Å²) in [6.07, 6.45) is 0.0555. The summed E-state index contributed by atoms with van der Waals surface area (Å²) < 4.78 is 29.0. The molecule has 0 saturated carbocycles. The summed E-state index contributed by atoms with van der Waals surface area (Å²) in [7, 11) is 0. The molecule has 0 amide bonds. The van der Waals surface area contributed by atoms with Crippen molar-refractivity contribution in [1.29, 1.82) is 0 Å². The van der Waals surface area contributed by atoms with E-state index in [2.05, 4.69) is 0 Å². The van der Waals surface area contributed by atoms with Crippen LogP contribution < -0.4 is 4.74 Å². The van der Waals surface area contributed by atoms with Gasteiger partial charge in [-0.05, 0) is 31.4 Å². The van der Waals surface area contributed by atoms with Gasteiger partial charge in [0, 0.05) is 6.42 Å². The fraction of sp³-hybridized carbons (Fsp3) is 0.500. The van der Waals surface area contributed by atoms with Crippen LogP contribution in [0.25, 0.3) is 0 Å². The smallest absolute Gasteiger partial charge is 0.238 e. The first-order valence-corrected chi connectivity index (χ1v) is 5.25. The molecule has 0 aliphatic heterocycles. The molecule has 1 aromatic carbocycles. The van der Waals surface area contributed by atoms with E-state index in [4.69, 9.17) is 4.74 Å². The lowest BCUT2D eigenvalue weighted by atomic mass is 10.2. The van der Waals surface area contributed by atoms with Gasteiger partial charge in [0.2, 0.25) is 6.43 Å². The highest BCUT2D eigenvalue weighted by atomic mass is 19.3. The van der Waals surface area contributed by atoms with Crippen LogP contribution in [0.3, 0.4) is 0 Å². The SMILES string of the molecule is FC(F)CCCCCOc1ccccc1. The highest BCUT2D eigenvalue weighted by molar-refractivity contribution is 5.20. The van der Waals surface area contributed by atoms with E-state index in [1.807, 2.05) is 30.3 Å². The van der Waals surface area contributed by atoms with Crippen molar-refractivity contribution in [2.24, 2.45) is 0 Å². The number of halogens is 2. The minimum atomic E-state index is -2.17. The van der Waals surface area contributed by atoms with Gasteiger partial charge in [-0.3, -0.25) is 0 Å². The topological polar surface area (TPSA) is 9.23 Å². The lowest BCUT2D eigenvalue weighted by molar-refractivity contribution is 0.133. The van der Waals surface area contributed by atoms with Crippen molar-refractivity contribution in [2.75, 3.05) is 6.61 Å². The molecular formula is C12H16F2O. The van der Waals surface area contributed by atoms with Crippen LogP contribution in [0.2, 0.25) is 0 Å². The zero-order chi connectivity index (χ0) is 10.9. The Hall–Kier alpha value is -1.12. The van der Waals surface area contributed by atoms with Crippen LogP contribution >= 0.6 is 0 Å². The minimum absolute atomic E-state index is 0.00529. The third-order valence-electron chi connectivity index (χ3n) is 2.08. The highest BCUT2D eigenvalue weighted by Gasteiger charge is 2.00. The number of hydrogen-bond donors (Lipinski definition) is 0. The Morgan fingerprint density at radius 2 is 1.73 bits per heavy atom. The van der Waals surface area contributed by atoms with Gasteiger partial charge in [0.05, 0.1) is 6.61 Å². The van der Waals surface area contributed by atoms with Crippen molar-refractivity contribution in [1.82, 2.24) is 0 Å². The maximum atomic E-state index is 11.8. The summed E-state index contributed by atoms with van der Waals surface area (Å²) >= 11 is 0. The molecular weight excluding hydrogens is 198 g/mol. The van der Waals surface area contributed by atoms with Gasteiger partial charge in [-0.25, -0.2) is 8.78 Å². The van der Waals surface area contributed by atoms with Crippen molar-refractivity contribution < 1.29 is 13.5 Å². The monoisotopic (exact) mass is 214 g/mol. The van der Waals surface area contributed by atoms with Gasteiger partial charge in [-0.2, -0.15) is 0 Å². The Morgan fingerprint density at radius 1 is 1.00 bits per heavy atom. The van der Waals surface area contributed by atoms with Crippen molar-refractivity contribution in [3.63, 3.8) is 0 Å². The van der Waals surface area contributed by atoms with Crippen LogP contribution in [-0.2, 0) is 0 Å². The molecule has 0 bridgehead atoms. The molecule has 0 radical (unpaired) electrons. The first kappa shape index (κ1) is 12.0. The fourth-order valence-corrected chi connectivity index (χ4v) is 1.28. The van der Waals surface area contributed by atoms with E-state index in [-0.39, 0.29) is 6.42 Å². The molecule has 1 rings (SSSR count). The van der Waals surface area contributed by atoms with Crippen molar-refractivity contribution in [3.05, 3.63) is 30.3 Å². The van der Waals surface area contributed by atoms with Gasteiger partial charge in [0.25, 0.3) is 0 Å². The molecule has 3 heteroatoms. The molecule has 0 spiro atoms. The number of alkyl halides is 2. The normalized spacial score (nSPS) is 10.6. The average molecular weight is 214 g/mol. The fourth-order valence-electron chi connectivity index (χ4n) is 1.28. The Bertz CT molecular complexity index is 249. The molecule has 0 saturated heterocycles. The minimum Gasteiger partial charge on any atom is -0.494 e. The van der Waals surface area contributed by atoms with Crippen LogP contribution in [-0.4, -0.2) is 13.0 Å². The number of hydrogen-bond acceptors (Lipinski definition) is 1. The molecule has 15 heavy (non-hydrogen) atoms. The van der Waals surface area contributed by atoms with Gasteiger partial charge in [0.1, 0.15) is 5.75 Å². The third-order valence-corrected chi connectivity index (χ3v) is 2.08. The van der Waals surface area contributed by atoms with E-state index < -0.39 is 6.43 Å². The molecule has 0 heterocycles. The van der Waals surface area contributed by atoms with Crippen LogP contribution in [0, 0.1) is 0 Å². The molecule has 0 atom stereocenters. The molecule has 0 N–H and O–H groups in total. The maximum absolute atomic E-state index is 11.8. The van der Waals surface area contributed by atoms with Crippen molar-refractivity contribution in [2.45, 2.75) is 32.1 Å². The summed E-state index contributed by atoms with van der Waals surface area (Å²) in [4.78, 5) is 0. The number of benzene rings is 1. The van der Waals surface area contributed by atoms with Gasteiger partial charge in [-0.1, -0.05) is 18.2 Å². The Balaban J connectivity index is 1.98. The zero-order valence-corrected chi connectivity index (χ0v) is 8.66. The second-order valence-corrected chi connectivity index (χ2v) is 3.40. The summed E-state index contributed by atoms with van der Waals surface area (Å²) in [5.74, 6) is 0.839. The first-order valence-electron chi connectivity index (χ1n) is 5.25. The van der Waals surface area contributed by atoms with E-state index in [0.29, 0.717) is 13.0 Å². The average Bonchev–Trinajstić information content (AvgIpc) is 2.24. The second-order valence-electron chi connectivity index (χ2n) is 3.40. The van der Waals surface area contributed by atoms with Crippen LogP contribution in [0.1, 0.15) is 25.7 Å². The molecule has 0 aromatic heterocycles. The number of ether oxygens (including phenoxy) is 1.